The minimum atomic E-state index is 0.279. The van der Waals surface area contributed by atoms with Crippen LogP contribution in [0.3, 0.4) is 0 Å². The van der Waals surface area contributed by atoms with Gasteiger partial charge in [-0.1, -0.05) is 12.1 Å². The van der Waals surface area contributed by atoms with Gasteiger partial charge in [-0.15, -0.1) is 0 Å². The first-order chi connectivity index (χ1) is 11.7. The van der Waals surface area contributed by atoms with Crippen molar-refractivity contribution in [2.45, 2.75) is 63.6 Å². The molecule has 2 heterocycles. The van der Waals surface area contributed by atoms with E-state index in [4.69, 9.17) is 0 Å². The number of rotatable bonds is 6. The number of fused-ring (bicyclic) bond motifs is 2. The van der Waals surface area contributed by atoms with Crippen molar-refractivity contribution in [3.05, 3.63) is 29.8 Å². The number of benzene rings is 1. The smallest absolute Gasteiger partial charge is 0.223 e. The van der Waals surface area contributed by atoms with Gasteiger partial charge in [0.05, 0.1) is 0 Å². The van der Waals surface area contributed by atoms with E-state index in [0.29, 0.717) is 42.8 Å². The molecule has 1 amide bonds. The third kappa shape index (κ3) is 3.92. The number of phenolic OH excluding ortho intramolecular Hbond substituents is 1. The van der Waals surface area contributed by atoms with Gasteiger partial charge in [-0.3, -0.25) is 4.79 Å². The van der Waals surface area contributed by atoms with Crippen molar-refractivity contribution in [1.82, 2.24) is 10.2 Å². The van der Waals surface area contributed by atoms with Crippen molar-refractivity contribution in [3.8, 4) is 5.75 Å². The molecule has 2 aliphatic heterocycles. The van der Waals surface area contributed by atoms with Gasteiger partial charge in [0, 0.05) is 31.6 Å². The van der Waals surface area contributed by atoms with E-state index in [1.165, 1.54) is 25.7 Å². The molecule has 4 heteroatoms. The van der Waals surface area contributed by atoms with Gasteiger partial charge in [-0.25, -0.2) is 0 Å². The number of phenols is 1. The minimum absolute atomic E-state index is 0.279. The molecule has 1 aliphatic carbocycles. The molecule has 3 aliphatic rings. The van der Waals surface area contributed by atoms with Crippen LogP contribution in [0.1, 0.15) is 50.5 Å². The van der Waals surface area contributed by atoms with Crippen LogP contribution in [0, 0.1) is 11.8 Å². The van der Waals surface area contributed by atoms with Crippen LogP contribution in [0.15, 0.2) is 24.3 Å². The largest absolute Gasteiger partial charge is 0.508 e. The fourth-order valence-electron chi connectivity index (χ4n) is 4.46. The normalized spacial score (nSPS) is 28.8. The second-order valence-electron chi connectivity index (χ2n) is 8.07. The summed E-state index contributed by atoms with van der Waals surface area (Å²) in [5, 5.41) is 13.3. The molecule has 0 radical (unpaired) electrons. The lowest BCUT2D eigenvalue weighted by Crippen LogP contribution is -2.40. The summed E-state index contributed by atoms with van der Waals surface area (Å²) in [6.07, 6.45) is 8.08. The topological polar surface area (TPSA) is 52.6 Å². The van der Waals surface area contributed by atoms with Crippen LogP contribution in [-0.4, -0.2) is 34.5 Å². The zero-order chi connectivity index (χ0) is 16.5. The fraction of sp³-hybridized carbons (Fsp3) is 0.650. The van der Waals surface area contributed by atoms with Crippen molar-refractivity contribution in [1.29, 1.82) is 0 Å². The maximum Gasteiger partial charge on any atom is 0.223 e. The van der Waals surface area contributed by atoms with Crippen LogP contribution < -0.4 is 5.32 Å². The van der Waals surface area contributed by atoms with Gasteiger partial charge in [-0.2, -0.15) is 0 Å². The average Bonchev–Trinajstić information content (AvgIpc) is 3.30. The summed E-state index contributed by atoms with van der Waals surface area (Å²) >= 11 is 0. The maximum absolute atomic E-state index is 12.9. The first-order valence-corrected chi connectivity index (χ1v) is 9.47. The molecular weight excluding hydrogens is 300 g/mol. The third-order valence-corrected chi connectivity index (χ3v) is 5.85. The zero-order valence-corrected chi connectivity index (χ0v) is 14.3. The van der Waals surface area contributed by atoms with Gasteiger partial charge in [0.15, 0.2) is 0 Å². The fourth-order valence-corrected chi connectivity index (χ4v) is 4.46. The highest BCUT2D eigenvalue weighted by Gasteiger charge is 2.35. The summed E-state index contributed by atoms with van der Waals surface area (Å²) in [7, 11) is 0. The number of nitrogens with one attached hydrogen (secondary N) is 1. The van der Waals surface area contributed by atoms with E-state index in [1.807, 2.05) is 17.0 Å². The number of hydrogen-bond acceptors (Lipinski definition) is 3. The van der Waals surface area contributed by atoms with Gasteiger partial charge >= 0.3 is 0 Å². The Morgan fingerprint density at radius 3 is 2.54 bits per heavy atom. The van der Waals surface area contributed by atoms with Crippen molar-refractivity contribution >= 4 is 5.91 Å². The molecule has 4 rings (SSSR count). The quantitative estimate of drug-likeness (QED) is 0.844. The van der Waals surface area contributed by atoms with Crippen molar-refractivity contribution in [2.75, 3.05) is 6.54 Å². The molecule has 2 unspecified atom stereocenters. The summed E-state index contributed by atoms with van der Waals surface area (Å²) in [5.74, 6) is 1.82. The van der Waals surface area contributed by atoms with Crippen LogP contribution in [0.5, 0.6) is 5.75 Å². The Morgan fingerprint density at radius 2 is 1.88 bits per heavy atom. The van der Waals surface area contributed by atoms with E-state index in [9.17, 15) is 9.90 Å². The van der Waals surface area contributed by atoms with Crippen molar-refractivity contribution in [3.63, 3.8) is 0 Å². The third-order valence-electron chi connectivity index (χ3n) is 5.85. The predicted octanol–water partition coefficient (Wildman–Crippen LogP) is 3.05. The Morgan fingerprint density at radius 1 is 1.12 bits per heavy atom. The number of carbonyl (C=O) groups is 1. The molecule has 2 atom stereocenters. The van der Waals surface area contributed by atoms with Gasteiger partial charge < -0.3 is 15.3 Å². The van der Waals surface area contributed by atoms with E-state index in [-0.39, 0.29) is 5.75 Å². The molecule has 2 bridgehead atoms. The molecule has 4 nitrogen and oxygen atoms in total. The van der Waals surface area contributed by atoms with Gasteiger partial charge in [0.1, 0.15) is 5.75 Å². The van der Waals surface area contributed by atoms with Crippen LogP contribution >= 0.6 is 0 Å². The molecule has 130 valence electrons. The maximum atomic E-state index is 12.9. The molecule has 2 N–H and O–H groups in total. The molecule has 0 aromatic heterocycles. The minimum Gasteiger partial charge on any atom is -0.508 e. The summed E-state index contributed by atoms with van der Waals surface area (Å²) in [6.45, 7) is 1.51. The van der Waals surface area contributed by atoms with Gasteiger partial charge in [-0.05, 0) is 68.1 Å². The number of nitrogens with zero attached hydrogens (tertiary/aromatic N) is 1. The van der Waals surface area contributed by atoms with E-state index >= 15 is 0 Å². The summed E-state index contributed by atoms with van der Waals surface area (Å²) < 4.78 is 0. The number of piperidine rings is 1. The van der Waals surface area contributed by atoms with Gasteiger partial charge in [0.2, 0.25) is 5.91 Å². The SMILES string of the molecule is O=C(CC1CC2CCC(C1)N2)N(Cc1cccc(O)c1)CC1CC1. The second-order valence-corrected chi connectivity index (χ2v) is 8.07. The molecule has 1 saturated carbocycles. The molecule has 3 fully saturated rings. The van der Waals surface area contributed by atoms with Crippen LogP contribution in [0.4, 0.5) is 0 Å². The summed E-state index contributed by atoms with van der Waals surface area (Å²) in [6, 6.07) is 8.60. The van der Waals surface area contributed by atoms with Crippen LogP contribution in [0.25, 0.3) is 0 Å². The summed E-state index contributed by atoms with van der Waals surface area (Å²) in [4.78, 5) is 15.0. The van der Waals surface area contributed by atoms with E-state index in [2.05, 4.69) is 5.32 Å². The Labute approximate surface area is 144 Å². The Balaban J connectivity index is 1.39. The molecule has 1 aromatic carbocycles. The predicted molar refractivity (Wildman–Crippen MR) is 93.5 cm³/mol. The van der Waals surface area contributed by atoms with Crippen LogP contribution in [-0.2, 0) is 11.3 Å². The lowest BCUT2D eigenvalue weighted by atomic mass is 9.89. The first kappa shape index (κ1) is 15.9. The van der Waals surface area contributed by atoms with Crippen LogP contribution in [0.2, 0.25) is 0 Å². The molecule has 1 aromatic rings. The van der Waals surface area contributed by atoms with E-state index in [0.717, 1.165) is 24.9 Å². The molecule has 24 heavy (non-hydrogen) atoms. The lowest BCUT2D eigenvalue weighted by Gasteiger charge is -2.31. The van der Waals surface area contributed by atoms with Crippen molar-refractivity contribution < 1.29 is 9.90 Å². The summed E-state index contributed by atoms with van der Waals surface area (Å²) in [5.41, 5.74) is 1.02. The van der Waals surface area contributed by atoms with E-state index < -0.39 is 0 Å². The number of hydrogen-bond donors (Lipinski definition) is 2. The van der Waals surface area contributed by atoms with Gasteiger partial charge in [0.25, 0.3) is 0 Å². The Hall–Kier alpha value is -1.55. The highest BCUT2D eigenvalue weighted by molar-refractivity contribution is 5.76. The number of amides is 1. The zero-order valence-electron chi connectivity index (χ0n) is 14.3. The Bertz CT molecular complexity index is 587. The van der Waals surface area contributed by atoms with Crippen molar-refractivity contribution in [2.24, 2.45) is 11.8 Å². The standard InChI is InChI=1S/C20H28N2O2/c23-19-3-1-2-15(10-19)13-22(12-14-4-5-14)20(24)11-16-8-17-6-7-18(9-16)21-17/h1-3,10,14,16-18,21,23H,4-9,11-13H2. The monoisotopic (exact) mass is 328 g/mol. The first-order valence-electron chi connectivity index (χ1n) is 9.47. The highest BCUT2D eigenvalue weighted by atomic mass is 16.3. The second kappa shape index (κ2) is 6.75. The number of aromatic hydroxyl groups is 1. The average molecular weight is 328 g/mol. The molecule has 2 saturated heterocycles. The molecule has 0 spiro atoms. The lowest BCUT2D eigenvalue weighted by molar-refractivity contribution is -0.133. The highest BCUT2D eigenvalue weighted by Crippen LogP contribution is 2.34. The number of carbonyl (C=O) groups excluding carboxylic acids is 1. The molecular formula is C20H28N2O2. The Kier molecular flexibility index (Phi) is 4.49. The van der Waals surface area contributed by atoms with E-state index in [1.54, 1.807) is 12.1 Å².